The first-order valence-corrected chi connectivity index (χ1v) is 12.8. The predicted molar refractivity (Wildman–Crippen MR) is 147 cm³/mol. The van der Waals surface area contributed by atoms with Gasteiger partial charge in [-0.15, -0.1) is 0 Å². The lowest BCUT2D eigenvalue weighted by molar-refractivity contribution is -0.154. The lowest BCUT2D eigenvalue weighted by atomic mass is 10.1. The maximum absolute atomic E-state index is 13.2. The minimum Gasteiger partial charge on any atom is -0.481 e. The smallest absolute Gasteiger partial charge is 0.419 e. The van der Waals surface area contributed by atoms with Crippen molar-refractivity contribution >= 4 is 47.7 Å². The number of amidine groups is 1. The summed E-state index contributed by atoms with van der Waals surface area (Å²) in [5.74, 6) is -2.78. The Balaban J connectivity index is 1.78. The number of aliphatic carboxylic acids is 1. The maximum Gasteiger partial charge on any atom is 0.419 e. The van der Waals surface area contributed by atoms with Crippen molar-refractivity contribution in [2.24, 2.45) is 15.7 Å². The van der Waals surface area contributed by atoms with Gasteiger partial charge in [-0.05, 0) is 56.9 Å². The van der Waals surface area contributed by atoms with E-state index in [9.17, 15) is 24.0 Å². The van der Waals surface area contributed by atoms with Crippen LogP contribution in [0.4, 0.5) is 10.5 Å². The molecular formula is C27H32N6O8. The summed E-state index contributed by atoms with van der Waals surface area (Å²) in [7, 11) is 0. The SMILES string of the molecule is CCN(C(=O)OCOC(=O)CCC(=O)O)C(=O)c1c[nH]c(C(N=CN)=Nc2cc(C(=O)NC3CC3)ccc2C)c1C. The lowest BCUT2D eigenvalue weighted by Crippen LogP contribution is -2.37. The zero-order valence-electron chi connectivity index (χ0n) is 22.9. The van der Waals surface area contributed by atoms with Gasteiger partial charge < -0.3 is 30.6 Å². The fourth-order valence-electron chi connectivity index (χ4n) is 3.66. The van der Waals surface area contributed by atoms with Crippen LogP contribution in [0.3, 0.4) is 0 Å². The summed E-state index contributed by atoms with van der Waals surface area (Å²) in [5, 5.41) is 11.5. The van der Waals surface area contributed by atoms with Crippen molar-refractivity contribution in [2.75, 3.05) is 13.3 Å². The van der Waals surface area contributed by atoms with Crippen LogP contribution in [0.15, 0.2) is 34.4 Å². The van der Waals surface area contributed by atoms with E-state index in [4.69, 9.17) is 15.6 Å². The number of amides is 3. The molecule has 0 spiro atoms. The molecule has 1 saturated carbocycles. The van der Waals surface area contributed by atoms with Crippen LogP contribution in [0.5, 0.6) is 0 Å². The molecule has 1 aromatic carbocycles. The Hall–Kier alpha value is -5.01. The first kappa shape index (κ1) is 30.5. The summed E-state index contributed by atoms with van der Waals surface area (Å²) < 4.78 is 9.55. The van der Waals surface area contributed by atoms with Gasteiger partial charge in [0.2, 0.25) is 6.79 Å². The summed E-state index contributed by atoms with van der Waals surface area (Å²) in [5.41, 5.74) is 8.19. The van der Waals surface area contributed by atoms with Crippen LogP contribution in [-0.2, 0) is 19.1 Å². The largest absolute Gasteiger partial charge is 0.481 e. The lowest BCUT2D eigenvalue weighted by Gasteiger charge is -2.18. The number of aromatic amines is 1. The van der Waals surface area contributed by atoms with Crippen molar-refractivity contribution in [3.05, 3.63) is 52.3 Å². The highest BCUT2D eigenvalue weighted by atomic mass is 16.7. The van der Waals surface area contributed by atoms with Gasteiger partial charge in [0.05, 0.1) is 36.1 Å². The molecule has 14 heteroatoms. The number of carboxylic acids is 1. The summed E-state index contributed by atoms with van der Waals surface area (Å²) in [6.45, 7) is 4.19. The predicted octanol–water partition coefficient (Wildman–Crippen LogP) is 2.55. The van der Waals surface area contributed by atoms with Gasteiger partial charge in [-0.1, -0.05) is 6.07 Å². The molecule has 0 atom stereocenters. The molecule has 2 aromatic rings. The molecule has 0 unspecified atom stereocenters. The Morgan fingerprint density at radius 1 is 1.17 bits per heavy atom. The number of nitrogens with zero attached hydrogens (tertiary/aromatic N) is 3. The molecule has 1 aromatic heterocycles. The van der Waals surface area contributed by atoms with Crippen molar-refractivity contribution in [3.8, 4) is 0 Å². The molecule has 3 rings (SSSR count). The van der Waals surface area contributed by atoms with E-state index >= 15 is 0 Å². The molecule has 1 aliphatic carbocycles. The second-order valence-electron chi connectivity index (χ2n) is 9.15. The number of imide groups is 1. The number of carboxylic acid groups (broad SMARTS) is 1. The molecule has 0 bridgehead atoms. The summed E-state index contributed by atoms with van der Waals surface area (Å²) in [6, 6.07) is 5.33. The number of ether oxygens (including phenoxy) is 2. The topological polar surface area (TPSA) is 206 Å². The zero-order valence-corrected chi connectivity index (χ0v) is 22.9. The molecular weight excluding hydrogens is 536 g/mol. The Morgan fingerprint density at radius 3 is 2.54 bits per heavy atom. The third-order valence-electron chi connectivity index (χ3n) is 6.13. The van der Waals surface area contributed by atoms with Crippen LogP contribution in [0, 0.1) is 13.8 Å². The van der Waals surface area contributed by atoms with Gasteiger partial charge in [0, 0.05) is 24.3 Å². The third kappa shape index (κ3) is 8.24. The molecule has 3 amide bonds. The van der Waals surface area contributed by atoms with Crippen LogP contribution < -0.4 is 11.1 Å². The number of carbonyl (C=O) groups is 5. The van der Waals surface area contributed by atoms with Gasteiger partial charge in [-0.2, -0.15) is 0 Å². The summed E-state index contributed by atoms with van der Waals surface area (Å²) in [4.78, 5) is 72.8. The molecule has 5 N–H and O–H groups in total. The van der Waals surface area contributed by atoms with E-state index in [0.29, 0.717) is 22.5 Å². The molecule has 1 heterocycles. The monoisotopic (exact) mass is 568 g/mol. The second-order valence-corrected chi connectivity index (χ2v) is 9.15. The van der Waals surface area contributed by atoms with Gasteiger partial charge in [0.1, 0.15) is 0 Å². The van der Waals surface area contributed by atoms with Crippen molar-refractivity contribution < 1.29 is 38.6 Å². The number of aryl methyl sites for hydroxylation is 1. The molecule has 218 valence electrons. The van der Waals surface area contributed by atoms with E-state index in [-0.39, 0.29) is 36.3 Å². The van der Waals surface area contributed by atoms with Crippen molar-refractivity contribution in [2.45, 2.75) is 52.5 Å². The van der Waals surface area contributed by atoms with Crippen molar-refractivity contribution in [1.29, 1.82) is 0 Å². The molecule has 1 aliphatic rings. The Kier molecular flexibility index (Phi) is 10.3. The van der Waals surface area contributed by atoms with Gasteiger partial charge in [0.15, 0.2) is 5.84 Å². The number of carbonyl (C=O) groups excluding carboxylic acids is 4. The summed E-state index contributed by atoms with van der Waals surface area (Å²) in [6.07, 6.45) is 2.48. The molecule has 41 heavy (non-hydrogen) atoms. The van der Waals surface area contributed by atoms with Crippen LogP contribution in [0.1, 0.15) is 70.1 Å². The second kappa shape index (κ2) is 13.9. The standard InChI is InChI=1S/C27H32N6O8/c1-4-33(27(39)41-14-40-22(36)10-9-21(34)35)26(38)19-12-29-23(16(19)3)24(30-13-28)32-20-11-17(6-5-15(20)2)25(37)31-18-7-8-18/h5-6,11-13,18,29H,4,7-10,14H2,1-3H3,(H,31,37)(H,34,35)(H2,28,30,32). The maximum atomic E-state index is 13.2. The first-order chi connectivity index (χ1) is 19.5. The number of aromatic nitrogens is 1. The number of esters is 1. The van der Waals surface area contributed by atoms with Crippen molar-refractivity contribution in [1.82, 2.24) is 15.2 Å². The fraction of sp³-hybridized carbons (Fsp3) is 0.370. The minimum atomic E-state index is -1.17. The van der Waals surface area contributed by atoms with E-state index < -0.39 is 37.2 Å². The van der Waals surface area contributed by atoms with Crippen LogP contribution in [0.2, 0.25) is 0 Å². The highest BCUT2D eigenvalue weighted by Gasteiger charge is 2.27. The number of nitrogens with two attached hydrogens (primary N) is 1. The van der Waals surface area contributed by atoms with Crippen LogP contribution in [-0.4, -0.2) is 76.4 Å². The highest BCUT2D eigenvalue weighted by molar-refractivity contribution is 6.09. The third-order valence-corrected chi connectivity index (χ3v) is 6.13. The molecule has 0 radical (unpaired) electrons. The zero-order chi connectivity index (χ0) is 30.1. The number of H-pyrrole nitrogens is 1. The van der Waals surface area contributed by atoms with Gasteiger partial charge in [0.25, 0.3) is 11.8 Å². The van der Waals surface area contributed by atoms with E-state index in [1.807, 2.05) is 6.92 Å². The van der Waals surface area contributed by atoms with E-state index in [1.165, 1.54) is 6.20 Å². The summed E-state index contributed by atoms with van der Waals surface area (Å²) >= 11 is 0. The molecule has 0 aliphatic heterocycles. The number of nitrogens with one attached hydrogen (secondary N) is 2. The number of rotatable bonds is 11. The van der Waals surface area contributed by atoms with Gasteiger partial charge in [-0.3, -0.25) is 19.2 Å². The van der Waals surface area contributed by atoms with Crippen LogP contribution in [0.25, 0.3) is 0 Å². The quantitative estimate of drug-likeness (QED) is 0.136. The Bertz CT molecular complexity index is 1390. The number of benzene rings is 1. The van der Waals surface area contributed by atoms with E-state index in [1.54, 1.807) is 32.0 Å². The van der Waals surface area contributed by atoms with Gasteiger partial charge >= 0.3 is 18.0 Å². The number of hydrogen-bond donors (Lipinski definition) is 4. The average Bonchev–Trinajstić information content (AvgIpc) is 3.66. The van der Waals surface area contributed by atoms with Gasteiger partial charge in [-0.25, -0.2) is 19.7 Å². The number of aliphatic imine (C=N–C) groups is 2. The normalized spacial score (nSPS) is 13.1. The first-order valence-electron chi connectivity index (χ1n) is 12.8. The molecule has 0 saturated heterocycles. The molecule has 1 fully saturated rings. The average molecular weight is 569 g/mol. The number of hydrogen-bond acceptors (Lipinski definition) is 8. The minimum absolute atomic E-state index is 0.0542. The van der Waals surface area contributed by atoms with Crippen LogP contribution >= 0.6 is 0 Å². The Labute approximate surface area is 235 Å². The molecule has 14 nitrogen and oxygen atoms in total. The van der Waals surface area contributed by atoms with E-state index in [2.05, 4.69) is 25.0 Å². The van der Waals surface area contributed by atoms with E-state index in [0.717, 1.165) is 29.6 Å². The fourth-order valence-corrected chi connectivity index (χ4v) is 3.66. The highest BCUT2D eigenvalue weighted by Crippen LogP contribution is 2.25. The van der Waals surface area contributed by atoms with Crippen molar-refractivity contribution in [3.63, 3.8) is 0 Å². The Morgan fingerprint density at radius 2 is 1.90 bits per heavy atom.